The molecule has 0 radical (unpaired) electrons. The SMILES string of the molecule is CC(F)(F)CNC(=O)c1ccc(Br)cc1Cl. The third-order valence-electron chi connectivity index (χ3n) is 1.74. The van der Waals surface area contributed by atoms with Crippen molar-refractivity contribution in [3.63, 3.8) is 0 Å². The highest BCUT2D eigenvalue weighted by Crippen LogP contribution is 2.21. The van der Waals surface area contributed by atoms with E-state index in [1.54, 1.807) is 6.07 Å². The molecule has 1 rings (SSSR count). The molecule has 6 heteroatoms. The smallest absolute Gasteiger partial charge is 0.262 e. The Balaban J connectivity index is 2.74. The van der Waals surface area contributed by atoms with Gasteiger partial charge in [-0.05, 0) is 18.2 Å². The van der Waals surface area contributed by atoms with Crippen molar-refractivity contribution in [3.05, 3.63) is 33.3 Å². The highest BCUT2D eigenvalue weighted by atomic mass is 79.9. The average molecular weight is 313 g/mol. The molecule has 0 saturated carbocycles. The Morgan fingerprint density at radius 2 is 2.19 bits per heavy atom. The molecule has 0 aliphatic heterocycles. The van der Waals surface area contributed by atoms with Crippen LogP contribution in [0.4, 0.5) is 8.78 Å². The highest BCUT2D eigenvalue weighted by molar-refractivity contribution is 9.10. The highest BCUT2D eigenvalue weighted by Gasteiger charge is 2.22. The minimum Gasteiger partial charge on any atom is -0.346 e. The summed E-state index contributed by atoms with van der Waals surface area (Å²) in [5, 5.41) is 2.32. The number of carbonyl (C=O) groups excluding carboxylic acids is 1. The van der Waals surface area contributed by atoms with Crippen molar-refractivity contribution in [3.8, 4) is 0 Å². The first-order valence-electron chi connectivity index (χ1n) is 4.41. The Morgan fingerprint density at radius 3 is 2.69 bits per heavy atom. The third kappa shape index (κ3) is 4.06. The molecule has 0 fully saturated rings. The monoisotopic (exact) mass is 311 g/mol. The van der Waals surface area contributed by atoms with E-state index in [1.165, 1.54) is 12.1 Å². The van der Waals surface area contributed by atoms with Gasteiger partial charge in [-0.3, -0.25) is 4.79 Å². The number of halogens is 4. The van der Waals surface area contributed by atoms with Crippen LogP contribution in [0.15, 0.2) is 22.7 Å². The average Bonchev–Trinajstić information content (AvgIpc) is 2.13. The Kier molecular flexibility index (Phi) is 4.27. The fraction of sp³-hybridized carbons (Fsp3) is 0.300. The van der Waals surface area contributed by atoms with E-state index in [2.05, 4.69) is 21.2 Å². The molecule has 1 aromatic carbocycles. The van der Waals surface area contributed by atoms with Crippen LogP contribution in [0.25, 0.3) is 0 Å². The van der Waals surface area contributed by atoms with Crippen molar-refractivity contribution in [2.75, 3.05) is 6.54 Å². The first kappa shape index (κ1) is 13.4. The molecule has 0 aliphatic rings. The zero-order valence-electron chi connectivity index (χ0n) is 8.36. The molecule has 1 N–H and O–H groups in total. The summed E-state index contributed by atoms with van der Waals surface area (Å²) in [7, 11) is 0. The van der Waals surface area contributed by atoms with Gasteiger partial charge in [0, 0.05) is 11.4 Å². The van der Waals surface area contributed by atoms with Gasteiger partial charge in [0.05, 0.1) is 17.1 Å². The zero-order valence-corrected chi connectivity index (χ0v) is 10.7. The third-order valence-corrected chi connectivity index (χ3v) is 2.54. The number of hydrogen-bond acceptors (Lipinski definition) is 1. The van der Waals surface area contributed by atoms with E-state index in [0.29, 0.717) is 0 Å². The standard InChI is InChI=1S/C10H9BrClF2NO/c1-10(13,14)5-15-9(16)7-3-2-6(11)4-8(7)12/h2-4H,5H2,1H3,(H,15,16). The van der Waals surface area contributed by atoms with Crippen LogP contribution in [-0.4, -0.2) is 18.4 Å². The molecule has 0 aliphatic carbocycles. The van der Waals surface area contributed by atoms with Crippen LogP contribution in [0, 0.1) is 0 Å². The molecule has 0 spiro atoms. The van der Waals surface area contributed by atoms with Gasteiger partial charge < -0.3 is 5.32 Å². The molecule has 0 aromatic heterocycles. The molecule has 2 nitrogen and oxygen atoms in total. The quantitative estimate of drug-likeness (QED) is 0.909. The maximum absolute atomic E-state index is 12.5. The second kappa shape index (κ2) is 5.10. The number of carbonyl (C=O) groups is 1. The lowest BCUT2D eigenvalue weighted by atomic mass is 10.2. The number of alkyl halides is 2. The normalized spacial score (nSPS) is 11.3. The van der Waals surface area contributed by atoms with E-state index in [9.17, 15) is 13.6 Å². The van der Waals surface area contributed by atoms with Crippen molar-refractivity contribution in [2.24, 2.45) is 0 Å². The molecule has 16 heavy (non-hydrogen) atoms. The molecule has 88 valence electrons. The van der Waals surface area contributed by atoms with Crippen molar-refractivity contribution >= 4 is 33.4 Å². The fourth-order valence-corrected chi connectivity index (χ4v) is 1.76. The summed E-state index contributed by atoms with van der Waals surface area (Å²) >= 11 is 8.98. The lowest BCUT2D eigenvalue weighted by Gasteiger charge is -2.12. The summed E-state index contributed by atoms with van der Waals surface area (Å²) in [5.41, 5.74) is 0.175. The van der Waals surface area contributed by atoms with Crippen LogP contribution < -0.4 is 5.32 Å². The maximum atomic E-state index is 12.5. The predicted molar refractivity (Wildman–Crippen MR) is 62.1 cm³/mol. The number of hydrogen-bond donors (Lipinski definition) is 1. The summed E-state index contributed by atoms with van der Waals surface area (Å²) in [5.74, 6) is -3.55. The van der Waals surface area contributed by atoms with E-state index in [1.807, 2.05) is 0 Å². The van der Waals surface area contributed by atoms with Crippen LogP contribution in [0.5, 0.6) is 0 Å². The fourth-order valence-electron chi connectivity index (χ4n) is 1.00. The molecule has 0 unspecified atom stereocenters. The van der Waals surface area contributed by atoms with Crippen molar-refractivity contribution in [1.29, 1.82) is 0 Å². The van der Waals surface area contributed by atoms with E-state index in [0.717, 1.165) is 11.4 Å². The van der Waals surface area contributed by atoms with E-state index in [4.69, 9.17) is 11.6 Å². The minimum atomic E-state index is -2.93. The number of amides is 1. The summed E-state index contributed by atoms with van der Waals surface area (Å²) in [4.78, 5) is 11.5. The second-order valence-electron chi connectivity index (χ2n) is 3.38. The van der Waals surface area contributed by atoms with Gasteiger partial charge in [-0.1, -0.05) is 27.5 Å². The van der Waals surface area contributed by atoms with Crippen LogP contribution in [0.1, 0.15) is 17.3 Å². The molecule has 1 amide bonds. The lowest BCUT2D eigenvalue weighted by Crippen LogP contribution is -2.34. The van der Waals surface area contributed by atoms with Crippen LogP contribution >= 0.6 is 27.5 Å². The van der Waals surface area contributed by atoms with E-state index in [-0.39, 0.29) is 10.6 Å². The molecular weight excluding hydrogens is 303 g/mol. The van der Waals surface area contributed by atoms with Gasteiger partial charge in [0.25, 0.3) is 11.8 Å². The number of benzene rings is 1. The lowest BCUT2D eigenvalue weighted by molar-refractivity contribution is 0.0221. The molecule has 1 aromatic rings. The first-order valence-corrected chi connectivity index (χ1v) is 5.58. The summed E-state index contributed by atoms with van der Waals surface area (Å²) in [6.07, 6.45) is 0. The Labute approximate surface area is 105 Å². The van der Waals surface area contributed by atoms with Crippen LogP contribution in [0.3, 0.4) is 0 Å². The van der Waals surface area contributed by atoms with E-state index < -0.39 is 18.4 Å². The first-order chi connectivity index (χ1) is 7.29. The predicted octanol–water partition coefficient (Wildman–Crippen LogP) is 3.49. The summed E-state index contributed by atoms with van der Waals surface area (Å²) in [6, 6.07) is 4.61. The maximum Gasteiger partial charge on any atom is 0.262 e. The summed E-state index contributed by atoms with van der Waals surface area (Å²) < 4.78 is 25.7. The Hall–Kier alpha value is -0.680. The van der Waals surface area contributed by atoms with Crippen molar-refractivity contribution in [1.82, 2.24) is 5.32 Å². The number of rotatable bonds is 3. The van der Waals surface area contributed by atoms with Gasteiger partial charge in [0.1, 0.15) is 0 Å². The molecule has 0 bridgehead atoms. The van der Waals surface area contributed by atoms with Gasteiger partial charge in [0.2, 0.25) is 0 Å². The number of nitrogens with one attached hydrogen (secondary N) is 1. The van der Waals surface area contributed by atoms with Crippen LogP contribution in [0.2, 0.25) is 5.02 Å². The van der Waals surface area contributed by atoms with Gasteiger partial charge in [0.15, 0.2) is 0 Å². The largest absolute Gasteiger partial charge is 0.346 e. The molecule has 0 heterocycles. The topological polar surface area (TPSA) is 29.1 Å². The van der Waals surface area contributed by atoms with Gasteiger partial charge >= 0.3 is 0 Å². The van der Waals surface area contributed by atoms with E-state index >= 15 is 0 Å². The van der Waals surface area contributed by atoms with Crippen molar-refractivity contribution in [2.45, 2.75) is 12.8 Å². The Morgan fingerprint density at radius 1 is 1.56 bits per heavy atom. The zero-order chi connectivity index (χ0) is 12.3. The van der Waals surface area contributed by atoms with Gasteiger partial charge in [-0.2, -0.15) is 0 Å². The molecular formula is C10H9BrClF2NO. The minimum absolute atomic E-state index is 0.175. The van der Waals surface area contributed by atoms with Gasteiger partial charge in [-0.25, -0.2) is 8.78 Å². The van der Waals surface area contributed by atoms with Gasteiger partial charge in [-0.15, -0.1) is 0 Å². The Bertz CT molecular complexity index is 406. The second-order valence-corrected chi connectivity index (χ2v) is 4.70. The van der Waals surface area contributed by atoms with Crippen molar-refractivity contribution < 1.29 is 13.6 Å². The molecule has 0 saturated heterocycles. The summed E-state index contributed by atoms with van der Waals surface area (Å²) in [6.45, 7) is 0.0225. The molecule has 0 atom stereocenters. The van der Waals surface area contributed by atoms with Crippen LogP contribution in [-0.2, 0) is 0 Å².